The second-order valence-corrected chi connectivity index (χ2v) is 31.5. The molecule has 0 heterocycles. The third kappa shape index (κ3) is 73.6. The van der Waals surface area contributed by atoms with E-state index in [2.05, 4.69) is 58.9 Å². The van der Waals surface area contributed by atoms with Crippen LogP contribution in [-0.4, -0.2) is 96.7 Å². The van der Waals surface area contributed by atoms with Gasteiger partial charge in [-0.3, -0.25) is 37.3 Å². The number of hydrogen-bond donors (Lipinski definition) is 3. The van der Waals surface area contributed by atoms with Crippen LogP contribution in [0.25, 0.3) is 0 Å². The first-order chi connectivity index (χ1) is 48.0. The highest BCUT2D eigenvalue weighted by Gasteiger charge is 2.30. The van der Waals surface area contributed by atoms with E-state index in [0.29, 0.717) is 31.6 Å². The zero-order valence-electron chi connectivity index (χ0n) is 64.1. The van der Waals surface area contributed by atoms with Gasteiger partial charge < -0.3 is 33.8 Å². The second-order valence-electron chi connectivity index (χ2n) is 28.6. The van der Waals surface area contributed by atoms with Crippen molar-refractivity contribution in [2.24, 2.45) is 5.92 Å². The fraction of sp³-hybridized carbons (Fsp3) is 0.900. The van der Waals surface area contributed by atoms with Crippen LogP contribution >= 0.6 is 15.6 Å². The van der Waals surface area contributed by atoms with Crippen LogP contribution in [0.1, 0.15) is 401 Å². The Bertz CT molecular complexity index is 1990. The Morgan fingerprint density at radius 3 is 0.828 bits per heavy atom. The van der Waals surface area contributed by atoms with Gasteiger partial charge in [0.1, 0.15) is 19.3 Å². The average Bonchev–Trinajstić information content (AvgIpc) is 1.18. The van der Waals surface area contributed by atoms with Crippen molar-refractivity contribution >= 4 is 39.5 Å². The number of carbonyl (C=O) groups excluding carboxylic acids is 4. The highest BCUT2D eigenvalue weighted by molar-refractivity contribution is 7.47. The molecule has 0 radical (unpaired) electrons. The summed E-state index contributed by atoms with van der Waals surface area (Å²) in [6.45, 7) is 7.19. The molecule has 5 atom stereocenters. The minimum absolute atomic E-state index is 0.102. The van der Waals surface area contributed by atoms with Gasteiger partial charge in [0, 0.05) is 25.7 Å². The van der Waals surface area contributed by atoms with Crippen LogP contribution in [0.15, 0.2) is 24.3 Å². The van der Waals surface area contributed by atoms with E-state index in [0.717, 1.165) is 116 Å². The van der Waals surface area contributed by atoms with Crippen molar-refractivity contribution in [3.63, 3.8) is 0 Å². The maximum absolute atomic E-state index is 13.1. The first kappa shape index (κ1) is 96.5. The van der Waals surface area contributed by atoms with E-state index in [1.807, 2.05) is 0 Å². The molecular formula is C80H152O17P2. The van der Waals surface area contributed by atoms with Gasteiger partial charge in [0.15, 0.2) is 12.2 Å². The smallest absolute Gasteiger partial charge is 0.462 e. The van der Waals surface area contributed by atoms with E-state index < -0.39 is 97.5 Å². The maximum Gasteiger partial charge on any atom is 0.472 e. The molecule has 0 saturated carbocycles. The molecule has 99 heavy (non-hydrogen) atoms. The van der Waals surface area contributed by atoms with Crippen molar-refractivity contribution in [3.8, 4) is 0 Å². The minimum Gasteiger partial charge on any atom is -0.462 e. The molecule has 19 heteroatoms. The second kappa shape index (κ2) is 72.5. The van der Waals surface area contributed by atoms with E-state index in [9.17, 15) is 43.2 Å². The fourth-order valence-corrected chi connectivity index (χ4v) is 13.4. The Morgan fingerprint density at radius 2 is 0.545 bits per heavy atom. The van der Waals surface area contributed by atoms with Gasteiger partial charge in [0.2, 0.25) is 0 Å². The van der Waals surface area contributed by atoms with Crippen LogP contribution in [0.3, 0.4) is 0 Å². The zero-order chi connectivity index (χ0) is 72.7. The number of allylic oxidation sites excluding steroid dienone is 4. The van der Waals surface area contributed by atoms with Gasteiger partial charge in [-0.1, -0.05) is 348 Å². The molecule has 0 fully saturated rings. The highest BCUT2D eigenvalue weighted by atomic mass is 31.2. The number of unbranched alkanes of at least 4 members (excludes halogenated alkanes) is 47. The maximum atomic E-state index is 13.1. The summed E-state index contributed by atoms with van der Waals surface area (Å²) < 4.78 is 68.6. The molecule has 0 rings (SSSR count). The van der Waals surface area contributed by atoms with E-state index >= 15 is 0 Å². The van der Waals surface area contributed by atoms with Crippen LogP contribution < -0.4 is 0 Å². The summed E-state index contributed by atoms with van der Waals surface area (Å²) in [5.74, 6) is -1.44. The van der Waals surface area contributed by atoms with Crippen LogP contribution in [0.5, 0.6) is 0 Å². The van der Waals surface area contributed by atoms with E-state index in [1.54, 1.807) is 0 Å². The van der Waals surface area contributed by atoms with Gasteiger partial charge in [-0.25, -0.2) is 9.13 Å². The quantitative estimate of drug-likeness (QED) is 0.0169. The third-order valence-corrected chi connectivity index (χ3v) is 20.1. The number of ether oxygens (including phenoxy) is 4. The SMILES string of the molecule is CCCCCC/C=C\C=C/CCCCCCCC(=O)OC[C@H](COP(=O)(O)OC[C@@H](O)COP(=O)(O)OC[C@@H](COC(=O)CCCCCCCCCC(C)C)OC(=O)CCCCCCCCCCCCCC)OC(=O)CCCCCCCCCCCCCCCCCCCCCCCC. The van der Waals surface area contributed by atoms with E-state index in [-0.39, 0.29) is 25.7 Å². The normalized spacial score (nSPS) is 14.0. The molecule has 0 bridgehead atoms. The molecule has 0 aliphatic carbocycles. The first-order valence-electron chi connectivity index (χ1n) is 41.0. The number of rotatable bonds is 78. The molecule has 0 saturated heterocycles. The lowest BCUT2D eigenvalue weighted by Crippen LogP contribution is -2.30. The van der Waals surface area contributed by atoms with Gasteiger partial charge in [-0.05, 0) is 57.3 Å². The Labute approximate surface area is 605 Å². The average molecular weight is 1450 g/mol. The van der Waals surface area contributed by atoms with Crippen molar-refractivity contribution < 1.29 is 80.2 Å². The van der Waals surface area contributed by atoms with Gasteiger partial charge in [0.25, 0.3) is 0 Å². The number of phosphoric ester groups is 2. The van der Waals surface area contributed by atoms with E-state index in [1.165, 1.54) is 199 Å². The Morgan fingerprint density at radius 1 is 0.313 bits per heavy atom. The standard InChI is InChI=1S/C80H152O17P2/c1-6-9-12-15-18-21-24-27-29-30-31-32-33-34-35-37-39-42-45-50-56-61-66-80(85)96-75(69-90-77(82)63-58-53-48-43-41-38-36-28-25-22-19-16-13-10-7-2)71-94-98(86,87)92-67-74(81)68-93-99(88,89)95-72-76(70-91-78(83)64-59-54-51-46-47-52-57-62-73(4)5)97-79(84)65-60-55-49-44-40-26-23-20-17-14-11-8-3/h22,25,28,36,73-76,81H,6-21,23-24,26-27,29-35,37-72H2,1-5H3,(H,86,87)(H,88,89)/b25-22-,36-28-/t74-,75-,76-/m1/s1. The van der Waals surface area contributed by atoms with Crippen molar-refractivity contribution in [1.82, 2.24) is 0 Å². The molecule has 3 N–H and O–H groups in total. The van der Waals surface area contributed by atoms with Crippen molar-refractivity contribution in [2.75, 3.05) is 39.6 Å². The number of hydrogen-bond acceptors (Lipinski definition) is 15. The molecule has 0 aliphatic rings. The van der Waals surface area contributed by atoms with Gasteiger partial charge in [-0.2, -0.15) is 0 Å². The zero-order valence-corrected chi connectivity index (χ0v) is 65.9. The van der Waals surface area contributed by atoms with Crippen molar-refractivity contribution in [2.45, 2.75) is 419 Å². The van der Waals surface area contributed by atoms with Crippen LogP contribution in [-0.2, 0) is 65.4 Å². The minimum atomic E-state index is -4.97. The summed E-state index contributed by atoms with van der Waals surface area (Å²) >= 11 is 0. The molecule has 0 aromatic heterocycles. The summed E-state index contributed by atoms with van der Waals surface area (Å²) in [7, 11) is -9.93. The third-order valence-electron chi connectivity index (χ3n) is 18.2. The van der Waals surface area contributed by atoms with Crippen LogP contribution in [0, 0.1) is 5.92 Å². The molecule has 0 amide bonds. The largest absolute Gasteiger partial charge is 0.472 e. The number of phosphoric acid groups is 2. The lowest BCUT2D eigenvalue weighted by Gasteiger charge is -2.21. The topological polar surface area (TPSA) is 237 Å². The summed E-state index contributed by atoms with van der Waals surface area (Å²) in [6.07, 6.45) is 66.2. The highest BCUT2D eigenvalue weighted by Crippen LogP contribution is 2.45. The predicted molar refractivity (Wildman–Crippen MR) is 404 cm³/mol. The molecule has 0 aromatic carbocycles. The van der Waals surface area contributed by atoms with Gasteiger partial charge >= 0.3 is 39.5 Å². The van der Waals surface area contributed by atoms with Crippen molar-refractivity contribution in [3.05, 3.63) is 24.3 Å². The fourth-order valence-electron chi connectivity index (χ4n) is 11.9. The molecule has 2 unspecified atom stereocenters. The summed E-state index contributed by atoms with van der Waals surface area (Å²) in [5, 5.41) is 10.6. The monoisotopic (exact) mass is 1450 g/mol. The van der Waals surface area contributed by atoms with E-state index in [4.69, 9.17) is 37.0 Å². The Balaban J connectivity index is 5.23. The first-order valence-corrected chi connectivity index (χ1v) is 43.9. The number of carbonyl (C=O) groups is 4. The van der Waals surface area contributed by atoms with Crippen molar-refractivity contribution in [1.29, 1.82) is 0 Å². The molecule has 0 spiro atoms. The lowest BCUT2D eigenvalue weighted by atomic mass is 10.0. The van der Waals surface area contributed by atoms with Gasteiger partial charge in [0.05, 0.1) is 26.4 Å². The summed E-state index contributed by atoms with van der Waals surface area (Å²) in [5.41, 5.74) is 0. The van der Waals surface area contributed by atoms with Crippen LogP contribution in [0.4, 0.5) is 0 Å². The predicted octanol–water partition coefficient (Wildman–Crippen LogP) is 23.6. The number of aliphatic hydroxyl groups excluding tert-OH is 1. The molecule has 17 nitrogen and oxygen atoms in total. The molecule has 0 aliphatic heterocycles. The summed E-state index contributed by atoms with van der Waals surface area (Å²) in [6, 6.07) is 0. The Kier molecular flexibility index (Phi) is 70.7. The number of esters is 4. The summed E-state index contributed by atoms with van der Waals surface area (Å²) in [4.78, 5) is 72.9. The number of aliphatic hydroxyl groups is 1. The lowest BCUT2D eigenvalue weighted by molar-refractivity contribution is -0.161. The van der Waals surface area contributed by atoms with Gasteiger partial charge in [-0.15, -0.1) is 0 Å². The Hall–Kier alpha value is -2.46. The molecular weight excluding hydrogens is 1290 g/mol. The molecule has 0 aromatic rings. The molecule has 584 valence electrons. The van der Waals surface area contributed by atoms with Crippen LogP contribution in [0.2, 0.25) is 0 Å².